The van der Waals surface area contributed by atoms with E-state index in [0.717, 1.165) is 0 Å². The molecule has 2 atom stereocenters. The molecule has 1 aromatic rings. The summed E-state index contributed by atoms with van der Waals surface area (Å²) in [6, 6.07) is 6.02. The molecule has 3 rings (SSSR count). The number of halogens is 1. The van der Waals surface area contributed by atoms with E-state index in [1.54, 1.807) is 17.0 Å². The summed E-state index contributed by atoms with van der Waals surface area (Å²) in [6.45, 7) is 2.25. The molecule has 2 unspecified atom stereocenters. The van der Waals surface area contributed by atoms with Gasteiger partial charge in [0.05, 0.1) is 30.7 Å². The van der Waals surface area contributed by atoms with Gasteiger partial charge in [-0.2, -0.15) is 0 Å². The highest BCUT2D eigenvalue weighted by molar-refractivity contribution is 5.99. The van der Waals surface area contributed by atoms with Crippen LogP contribution in [0.25, 0.3) is 0 Å². The Morgan fingerprint density at radius 3 is 2.62 bits per heavy atom. The molecular formula is C15H17FN2O3. The first kappa shape index (κ1) is 14.0. The molecule has 0 spiro atoms. The zero-order valence-corrected chi connectivity index (χ0v) is 11.5. The fourth-order valence-corrected chi connectivity index (χ4v) is 2.56. The van der Waals surface area contributed by atoms with Crippen LogP contribution >= 0.6 is 0 Å². The third-order valence-corrected chi connectivity index (χ3v) is 3.90. The lowest BCUT2D eigenvalue weighted by Gasteiger charge is -2.27. The molecule has 1 heterocycles. The van der Waals surface area contributed by atoms with Gasteiger partial charge >= 0.3 is 0 Å². The van der Waals surface area contributed by atoms with Crippen LogP contribution in [0.4, 0.5) is 10.1 Å². The standard InChI is InChI=1S/C15H17FN2O3/c16-12-3-1-2-4-13(12)17-14(19)10-9-11(10)15(20)18-5-7-21-8-6-18/h1-4,10-11H,5-9H2,(H,17,19). The molecule has 1 saturated carbocycles. The van der Waals surface area contributed by atoms with E-state index in [1.165, 1.54) is 12.1 Å². The summed E-state index contributed by atoms with van der Waals surface area (Å²) in [5.74, 6) is -1.36. The maximum absolute atomic E-state index is 13.5. The first-order valence-electron chi connectivity index (χ1n) is 7.09. The van der Waals surface area contributed by atoms with Crippen molar-refractivity contribution in [2.75, 3.05) is 31.6 Å². The Balaban J connectivity index is 1.56. The fraction of sp³-hybridized carbons (Fsp3) is 0.467. The Kier molecular flexibility index (Phi) is 3.88. The number of rotatable bonds is 3. The van der Waals surface area contributed by atoms with Crippen molar-refractivity contribution in [1.29, 1.82) is 0 Å². The molecule has 2 aliphatic rings. The molecule has 112 valence electrons. The molecular weight excluding hydrogens is 275 g/mol. The second-order valence-corrected chi connectivity index (χ2v) is 5.36. The van der Waals surface area contributed by atoms with Crippen molar-refractivity contribution in [3.05, 3.63) is 30.1 Å². The summed E-state index contributed by atoms with van der Waals surface area (Å²) < 4.78 is 18.7. The van der Waals surface area contributed by atoms with Crippen LogP contribution < -0.4 is 5.32 Å². The molecule has 1 N–H and O–H groups in total. The van der Waals surface area contributed by atoms with Gasteiger partial charge in [0.1, 0.15) is 5.82 Å². The highest BCUT2D eigenvalue weighted by Crippen LogP contribution is 2.41. The van der Waals surface area contributed by atoms with Crippen LogP contribution in [0, 0.1) is 17.7 Å². The number of amides is 2. The van der Waals surface area contributed by atoms with Crippen molar-refractivity contribution in [2.24, 2.45) is 11.8 Å². The lowest BCUT2D eigenvalue weighted by atomic mass is 10.2. The lowest BCUT2D eigenvalue weighted by molar-refractivity contribution is -0.137. The van der Waals surface area contributed by atoms with Crippen LogP contribution in [0.15, 0.2) is 24.3 Å². The number of carbonyl (C=O) groups is 2. The number of hydrogen-bond acceptors (Lipinski definition) is 3. The van der Waals surface area contributed by atoms with Crippen LogP contribution in [-0.4, -0.2) is 43.0 Å². The molecule has 0 aromatic heterocycles. The summed E-state index contributed by atoms with van der Waals surface area (Å²) in [5.41, 5.74) is 0.159. The van der Waals surface area contributed by atoms with Crippen LogP contribution in [0.1, 0.15) is 6.42 Å². The van der Waals surface area contributed by atoms with Gasteiger partial charge in [0, 0.05) is 13.1 Å². The van der Waals surface area contributed by atoms with Crippen molar-refractivity contribution in [3.8, 4) is 0 Å². The molecule has 6 heteroatoms. The van der Waals surface area contributed by atoms with E-state index in [4.69, 9.17) is 4.74 Å². The minimum absolute atomic E-state index is 0.00647. The Hall–Kier alpha value is -1.95. The number of nitrogens with zero attached hydrogens (tertiary/aromatic N) is 1. The van der Waals surface area contributed by atoms with E-state index in [-0.39, 0.29) is 29.3 Å². The maximum atomic E-state index is 13.5. The average molecular weight is 292 g/mol. The number of nitrogens with one attached hydrogen (secondary N) is 1. The van der Waals surface area contributed by atoms with Crippen molar-refractivity contribution >= 4 is 17.5 Å². The van der Waals surface area contributed by atoms with Crippen molar-refractivity contribution in [3.63, 3.8) is 0 Å². The van der Waals surface area contributed by atoms with E-state index in [1.807, 2.05) is 0 Å². The largest absolute Gasteiger partial charge is 0.378 e. The summed E-state index contributed by atoms with van der Waals surface area (Å²) >= 11 is 0. The van der Waals surface area contributed by atoms with Crippen LogP contribution in [0.3, 0.4) is 0 Å². The van der Waals surface area contributed by atoms with Gasteiger partial charge in [-0.05, 0) is 18.6 Å². The first-order valence-corrected chi connectivity index (χ1v) is 7.09. The van der Waals surface area contributed by atoms with E-state index in [0.29, 0.717) is 32.7 Å². The van der Waals surface area contributed by atoms with Gasteiger partial charge in [-0.3, -0.25) is 9.59 Å². The van der Waals surface area contributed by atoms with Crippen LogP contribution in [0.5, 0.6) is 0 Å². The van der Waals surface area contributed by atoms with Crippen LogP contribution in [-0.2, 0) is 14.3 Å². The number of hydrogen-bond donors (Lipinski definition) is 1. The van der Waals surface area contributed by atoms with E-state index in [9.17, 15) is 14.0 Å². The van der Waals surface area contributed by atoms with Gasteiger partial charge in [-0.25, -0.2) is 4.39 Å². The zero-order valence-electron chi connectivity index (χ0n) is 11.5. The van der Waals surface area contributed by atoms with Crippen molar-refractivity contribution in [1.82, 2.24) is 4.90 Å². The van der Waals surface area contributed by atoms with Crippen molar-refractivity contribution in [2.45, 2.75) is 6.42 Å². The quantitative estimate of drug-likeness (QED) is 0.912. The number of ether oxygens (including phenoxy) is 1. The summed E-state index contributed by atoms with van der Waals surface area (Å²) in [4.78, 5) is 26.0. The first-order chi connectivity index (χ1) is 10.2. The molecule has 1 aromatic carbocycles. The Labute approximate surface area is 122 Å². The minimum atomic E-state index is -0.470. The molecule has 0 bridgehead atoms. The zero-order chi connectivity index (χ0) is 14.8. The number of anilines is 1. The second kappa shape index (κ2) is 5.81. The van der Waals surface area contributed by atoms with E-state index >= 15 is 0 Å². The maximum Gasteiger partial charge on any atom is 0.228 e. The molecule has 5 nitrogen and oxygen atoms in total. The molecule has 1 saturated heterocycles. The molecule has 1 aliphatic heterocycles. The lowest BCUT2D eigenvalue weighted by Crippen LogP contribution is -2.42. The smallest absolute Gasteiger partial charge is 0.228 e. The normalized spacial score (nSPS) is 24.5. The fourth-order valence-electron chi connectivity index (χ4n) is 2.56. The highest BCUT2D eigenvalue weighted by Gasteiger charge is 2.49. The van der Waals surface area contributed by atoms with Gasteiger partial charge in [-0.1, -0.05) is 12.1 Å². The highest BCUT2D eigenvalue weighted by atomic mass is 19.1. The third-order valence-electron chi connectivity index (χ3n) is 3.90. The van der Waals surface area contributed by atoms with Gasteiger partial charge in [0.2, 0.25) is 11.8 Å². The van der Waals surface area contributed by atoms with E-state index < -0.39 is 5.82 Å². The van der Waals surface area contributed by atoms with Crippen LogP contribution in [0.2, 0.25) is 0 Å². The summed E-state index contributed by atoms with van der Waals surface area (Å²) in [6.07, 6.45) is 0.538. The number of morpholine rings is 1. The summed E-state index contributed by atoms with van der Waals surface area (Å²) in [5, 5.41) is 2.55. The van der Waals surface area contributed by atoms with Gasteiger partial charge in [0.15, 0.2) is 0 Å². The Morgan fingerprint density at radius 1 is 1.19 bits per heavy atom. The predicted octanol–water partition coefficient (Wildman–Crippen LogP) is 1.26. The molecule has 21 heavy (non-hydrogen) atoms. The number of benzene rings is 1. The Morgan fingerprint density at radius 2 is 1.90 bits per heavy atom. The van der Waals surface area contributed by atoms with Gasteiger partial charge in [-0.15, -0.1) is 0 Å². The number of para-hydroxylation sites is 1. The van der Waals surface area contributed by atoms with Gasteiger partial charge < -0.3 is 15.0 Å². The van der Waals surface area contributed by atoms with Crippen molar-refractivity contribution < 1.29 is 18.7 Å². The van der Waals surface area contributed by atoms with E-state index in [2.05, 4.69) is 5.32 Å². The predicted molar refractivity (Wildman–Crippen MR) is 74.0 cm³/mol. The Bertz CT molecular complexity index is 558. The average Bonchev–Trinajstić information content (AvgIpc) is 3.30. The minimum Gasteiger partial charge on any atom is -0.378 e. The third kappa shape index (κ3) is 3.05. The van der Waals surface area contributed by atoms with Gasteiger partial charge in [0.25, 0.3) is 0 Å². The monoisotopic (exact) mass is 292 g/mol. The SMILES string of the molecule is O=C(Nc1ccccc1F)C1CC1C(=O)N1CCOCC1. The topological polar surface area (TPSA) is 58.6 Å². The molecule has 2 amide bonds. The molecule has 2 fully saturated rings. The summed E-state index contributed by atoms with van der Waals surface area (Å²) in [7, 11) is 0. The number of carbonyl (C=O) groups excluding carboxylic acids is 2. The molecule has 0 radical (unpaired) electrons. The molecule has 1 aliphatic carbocycles. The second-order valence-electron chi connectivity index (χ2n) is 5.36.